The van der Waals surface area contributed by atoms with Crippen LogP contribution in [0.4, 0.5) is 25.8 Å². The van der Waals surface area contributed by atoms with Crippen molar-refractivity contribution in [3.05, 3.63) is 53.6 Å². The highest BCUT2D eigenvalue weighted by molar-refractivity contribution is 6.06. The highest BCUT2D eigenvalue weighted by Gasteiger charge is 2.18. The number of carbonyl (C=O) groups excluding carboxylic acids is 1. The number of hydrogen-bond acceptors (Lipinski definition) is 3. The van der Waals surface area contributed by atoms with Crippen LogP contribution in [0.5, 0.6) is 0 Å². The highest BCUT2D eigenvalue weighted by Crippen LogP contribution is 2.30. The van der Waals surface area contributed by atoms with E-state index in [1.807, 2.05) is 0 Å². The maximum atomic E-state index is 14.1. The van der Waals surface area contributed by atoms with Crippen LogP contribution in [-0.4, -0.2) is 33.1 Å². The van der Waals surface area contributed by atoms with Crippen LogP contribution in [0.3, 0.4) is 0 Å². The third-order valence-electron chi connectivity index (χ3n) is 4.60. The SMILES string of the molecule is CN(C)c1ccc(C(=O)Nc2cc(F)ccc2N2CCCCC2)cc1F. The number of rotatable bonds is 4. The van der Waals surface area contributed by atoms with E-state index < -0.39 is 17.5 Å². The molecule has 1 fully saturated rings. The Morgan fingerprint density at radius 2 is 1.77 bits per heavy atom. The molecular weight excluding hydrogens is 336 g/mol. The van der Waals surface area contributed by atoms with Crippen LogP contribution < -0.4 is 15.1 Å². The lowest BCUT2D eigenvalue weighted by Gasteiger charge is -2.30. The molecule has 0 aliphatic carbocycles. The topological polar surface area (TPSA) is 35.6 Å². The number of nitrogens with one attached hydrogen (secondary N) is 1. The predicted octanol–water partition coefficient (Wildman–Crippen LogP) is 4.27. The number of nitrogens with zero attached hydrogens (tertiary/aromatic N) is 2. The third kappa shape index (κ3) is 3.95. The Bertz CT molecular complexity index is 802. The minimum atomic E-state index is -0.474. The molecule has 0 aromatic heterocycles. The smallest absolute Gasteiger partial charge is 0.255 e. The van der Waals surface area contributed by atoms with Gasteiger partial charge in [0.1, 0.15) is 11.6 Å². The number of carbonyl (C=O) groups is 1. The fourth-order valence-corrected chi connectivity index (χ4v) is 3.22. The highest BCUT2D eigenvalue weighted by atomic mass is 19.1. The lowest BCUT2D eigenvalue weighted by molar-refractivity contribution is 0.102. The molecule has 0 radical (unpaired) electrons. The number of benzene rings is 2. The largest absolute Gasteiger partial charge is 0.375 e. The van der Waals surface area contributed by atoms with Gasteiger partial charge in [0.25, 0.3) is 5.91 Å². The van der Waals surface area contributed by atoms with Crippen molar-refractivity contribution in [2.75, 3.05) is 42.3 Å². The average Bonchev–Trinajstić information content (AvgIpc) is 2.62. The second kappa shape index (κ2) is 7.72. The summed E-state index contributed by atoms with van der Waals surface area (Å²) >= 11 is 0. The van der Waals surface area contributed by atoms with Gasteiger partial charge in [-0.3, -0.25) is 4.79 Å². The van der Waals surface area contributed by atoms with E-state index in [0.717, 1.165) is 31.6 Å². The predicted molar refractivity (Wildman–Crippen MR) is 101 cm³/mol. The second-order valence-corrected chi connectivity index (χ2v) is 6.72. The Kier molecular flexibility index (Phi) is 5.40. The van der Waals surface area contributed by atoms with Crippen molar-refractivity contribution in [1.29, 1.82) is 0 Å². The normalized spacial score (nSPS) is 14.2. The quantitative estimate of drug-likeness (QED) is 0.885. The first-order chi connectivity index (χ1) is 12.5. The molecule has 3 rings (SSSR count). The summed E-state index contributed by atoms with van der Waals surface area (Å²) in [5.41, 5.74) is 1.81. The van der Waals surface area contributed by atoms with E-state index >= 15 is 0 Å². The molecule has 1 saturated heterocycles. The molecular formula is C20H23F2N3O. The Labute approximate surface area is 152 Å². The summed E-state index contributed by atoms with van der Waals surface area (Å²) in [7, 11) is 3.46. The van der Waals surface area contributed by atoms with Crippen LogP contribution in [0, 0.1) is 11.6 Å². The van der Waals surface area contributed by atoms with Gasteiger partial charge in [0.05, 0.1) is 17.1 Å². The molecule has 2 aromatic carbocycles. The summed E-state index contributed by atoms with van der Waals surface area (Å²) in [5.74, 6) is -1.36. The van der Waals surface area contributed by atoms with Crippen molar-refractivity contribution in [2.24, 2.45) is 0 Å². The average molecular weight is 359 g/mol. The maximum Gasteiger partial charge on any atom is 0.255 e. The summed E-state index contributed by atoms with van der Waals surface area (Å²) < 4.78 is 27.9. The van der Waals surface area contributed by atoms with Crippen molar-refractivity contribution in [1.82, 2.24) is 0 Å². The van der Waals surface area contributed by atoms with Crippen molar-refractivity contribution >= 4 is 23.0 Å². The van der Waals surface area contributed by atoms with Gasteiger partial charge in [0.2, 0.25) is 0 Å². The summed E-state index contributed by atoms with van der Waals surface area (Å²) in [4.78, 5) is 16.3. The van der Waals surface area contributed by atoms with Gasteiger partial charge in [0, 0.05) is 32.7 Å². The second-order valence-electron chi connectivity index (χ2n) is 6.72. The van der Waals surface area contributed by atoms with E-state index in [9.17, 15) is 13.6 Å². The lowest BCUT2D eigenvalue weighted by Crippen LogP contribution is -2.30. The summed E-state index contributed by atoms with van der Waals surface area (Å²) in [6.07, 6.45) is 3.32. The van der Waals surface area contributed by atoms with Gasteiger partial charge in [-0.05, 0) is 55.7 Å². The van der Waals surface area contributed by atoms with Gasteiger partial charge >= 0.3 is 0 Å². The Balaban J connectivity index is 1.85. The van der Waals surface area contributed by atoms with E-state index in [0.29, 0.717) is 11.4 Å². The minimum absolute atomic E-state index is 0.196. The molecule has 0 bridgehead atoms. The summed E-state index contributed by atoms with van der Waals surface area (Å²) in [6, 6.07) is 8.71. The van der Waals surface area contributed by atoms with Crippen molar-refractivity contribution < 1.29 is 13.6 Å². The molecule has 138 valence electrons. The van der Waals surface area contributed by atoms with Gasteiger partial charge in [0.15, 0.2) is 0 Å². The molecule has 0 spiro atoms. The standard InChI is InChI=1S/C20H23F2N3O/c1-24(2)18-8-6-14(12-16(18)22)20(26)23-17-13-15(21)7-9-19(17)25-10-4-3-5-11-25/h6-9,12-13H,3-5,10-11H2,1-2H3,(H,23,26). The van der Waals surface area contributed by atoms with Gasteiger partial charge in [-0.2, -0.15) is 0 Å². The van der Waals surface area contributed by atoms with Gasteiger partial charge in [-0.15, -0.1) is 0 Å². The molecule has 1 N–H and O–H groups in total. The summed E-state index contributed by atoms with van der Waals surface area (Å²) in [5, 5.41) is 2.74. The zero-order chi connectivity index (χ0) is 18.7. The van der Waals surface area contributed by atoms with Crippen LogP contribution in [0.25, 0.3) is 0 Å². The van der Waals surface area contributed by atoms with E-state index in [1.54, 1.807) is 37.2 Å². The number of piperidine rings is 1. The van der Waals surface area contributed by atoms with E-state index in [4.69, 9.17) is 0 Å². The molecule has 2 aromatic rings. The van der Waals surface area contributed by atoms with Crippen LogP contribution >= 0.6 is 0 Å². The Morgan fingerprint density at radius 3 is 2.42 bits per heavy atom. The number of hydrogen-bond donors (Lipinski definition) is 1. The van der Waals surface area contributed by atoms with Gasteiger partial charge in [-0.25, -0.2) is 8.78 Å². The van der Waals surface area contributed by atoms with E-state index in [2.05, 4.69) is 10.2 Å². The molecule has 26 heavy (non-hydrogen) atoms. The number of anilines is 3. The fraction of sp³-hybridized carbons (Fsp3) is 0.350. The molecule has 1 amide bonds. The van der Waals surface area contributed by atoms with E-state index in [-0.39, 0.29) is 5.56 Å². The van der Waals surface area contributed by atoms with Crippen LogP contribution in [-0.2, 0) is 0 Å². The zero-order valence-electron chi connectivity index (χ0n) is 15.1. The monoisotopic (exact) mass is 359 g/mol. The van der Waals surface area contributed by atoms with Gasteiger partial charge in [-0.1, -0.05) is 0 Å². The first-order valence-electron chi connectivity index (χ1n) is 8.78. The maximum absolute atomic E-state index is 14.1. The van der Waals surface area contributed by atoms with Crippen LogP contribution in [0.2, 0.25) is 0 Å². The molecule has 4 nitrogen and oxygen atoms in total. The summed E-state index contributed by atoms with van der Waals surface area (Å²) in [6.45, 7) is 1.75. The molecule has 0 unspecified atom stereocenters. The molecule has 1 aliphatic heterocycles. The molecule has 1 aliphatic rings. The van der Waals surface area contributed by atoms with Crippen molar-refractivity contribution in [2.45, 2.75) is 19.3 Å². The zero-order valence-corrected chi connectivity index (χ0v) is 15.1. The molecule has 1 heterocycles. The van der Waals surface area contributed by atoms with E-state index in [1.165, 1.54) is 24.6 Å². The molecule has 0 atom stereocenters. The Hall–Kier alpha value is -2.63. The molecule has 6 heteroatoms. The minimum Gasteiger partial charge on any atom is -0.375 e. The van der Waals surface area contributed by atoms with Crippen molar-refractivity contribution in [3.63, 3.8) is 0 Å². The fourth-order valence-electron chi connectivity index (χ4n) is 3.22. The lowest BCUT2D eigenvalue weighted by atomic mass is 10.1. The van der Waals surface area contributed by atoms with Crippen LogP contribution in [0.15, 0.2) is 36.4 Å². The third-order valence-corrected chi connectivity index (χ3v) is 4.60. The van der Waals surface area contributed by atoms with Gasteiger partial charge < -0.3 is 15.1 Å². The number of halogens is 2. The van der Waals surface area contributed by atoms with Crippen LogP contribution in [0.1, 0.15) is 29.6 Å². The first kappa shape index (κ1) is 18.2. The first-order valence-corrected chi connectivity index (χ1v) is 8.78. The number of amides is 1. The molecule has 0 saturated carbocycles. The Morgan fingerprint density at radius 1 is 1.04 bits per heavy atom. The van der Waals surface area contributed by atoms with Crippen molar-refractivity contribution in [3.8, 4) is 0 Å².